The lowest BCUT2D eigenvalue weighted by Crippen LogP contribution is -2.12. The van der Waals surface area contributed by atoms with Crippen LogP contribution >= 0.6 is 0 Å². The molecule has 90 valence electrons. The van der Waals surface area contributed by atoms with Crippen LogP contribution in [-0.2, 0) is 0 Å². The zero-order chi connectivity index (χ0) is 13.0. The van der Waals surface area contributed by atoms with Crippen molar-refractivity contribution in [3.05, 3.63) is 53.9 Å². The maximum absolute atomic E-state index is 11.8. The van der Waals surface area contributed by atoms with Crippen molar-refractivity contribution >= 4 is 17.9 Å². The van der Waals surface area contributed by atoms with Crippen molar-refractivity contribution in [1.29, 1.82) is 0 Å². The molecule has 1 aromatic heterocycles. The van der Waals surface area contributed by atoms with Crippen molar-refractivity contribution in [3.8, 4) is 5.75 Å². The van der Waals surface area contributed by atoms with E-state index in [0.29, 0.717) is 11.3 Å². The molecule has 0 radical (unpaired) electrons. The van der Waals surface area contributed by atoms with Gasteiger partial charge in [-0.25, -0.2) is 0 Å². The van der Waals surface area contributed by atoms with Gasteiger partial charge in [0.05, 0.1) is 11.8 Å². The number of aldehydes is 1. The van der Waals surface area contributed by atoms with Crippen LogP contribution in [0.4, 0.5) is 5.69 Å². The maximum atomic E-state index is 11.8. The lowest BCUT2D eigenvalue weighted by molar-refractivity contribution is 0.102. The van der Waals surface area contributed by atoms with Gasteiger partial charge in [0.2, 0.25) is 0 Å². The van der Waals surface area contributed by atoms with Crippen molar-refractivity contribution < 1.29 is 14.7 Å². The van der Waals surface area contributed by atoms with Crippen molar-refractivity contribution in [2.45, 2.75) is 0 Å². The molecule has 1 aromatic carbocycles. The van der Waals surface area contributed by atoms with Gasteiger partial charge < -0.3 is 10.4 Å². The van der Waals surface area contributed by atoms with Crippen LogP contribution in [0.3, 0.4) is 0 Å². The lowest BCUT2D eigenvalue weighted by Gasteiger charge is -2.06. The number of pyridine rings is 1. The number of aromatic nitrogens is 1. The Morgan fingerprint density at radius 2 is 1.94 bits per heavy atom. The van der Waals surface area contributed by atoms with E-state index in [-0.39, 0.29) is 11.3 Å². The summed E-state index contributed by atoms with van der Waals surface area (Å²) < 4.78 is 0. The molecule has 1 amide bonds. The van der Waals surface area contributed by atoms with E-state index in [4.69, 9.17) is 0 Å². The van der Waals surface area contributed by atoms with E-state index in [1.54, 1.807) is 24.3 Å². The van der Waals surface area contributed by atoms with Gasteiger partial charge in [0.1, 0.15) is 12.0 Å². The average molecular weight is 242 g/mol. The molecular formula is C13H10N2O3. The monoisotopic (exact) mass is 242 g/mol. The molecule has 0 aliphatic heterocycles. The molecule has 18 heavy (non-hydrogen) atoms. The summed E-state index contributed by atoms with van der Waals surface area (Å²) in [5.74, 6) is -0.617. The summed E-state index contributed by atoms with van der Waals surface area (Å²) in [6.45, 7) is 0. The maximum Gasteiger partial charge on any atom is 0.259 e. The van der Waals surface area contributed by atoms with Crippen LogP contribution in [0, 0.1) is 0 Å². The molecule has 0 aliphatic carbocycles. The normalized spacial score (nSPS) is 9.78. The second-order valence-electron chi connectivity index (χ2n) is 3.59. The molecule has 0 spiro atoms. The molecule has 0 bridgehead atoms. The molecule has 0 aliphatic rings. The number of rotatable bonds is 3. The van der Waals surface area contributed by atoms with Crippen LogP contribution in [0.5, 0.6) is 5.75 Å². The third-order valence-corrected chi connectivity index (χ3v) is 2.35. The van der Waals surface area contributed by atoms with Crippen LogP contribution in [0.25, 0.3) is 0 Å². The van der Waals surface area contributed by atoms with E-state index < -0.39 is 5.91 Å². The third-order valence-electron chi connectivity index (χ3n) is 2.35. The molecule has 0 saturated carbocycles. The Labute approximate surface area is 103 Å². The topological polar surface area (TPSA) is 79.3 Å². The van der Waals surface area contributed by atoms with Crippen molar-refractivity contribution in [2.24, 2.45) is 0 Å². The summed E-state index contributed by atoms with van der Waals surface area (Å²) in [6.07, 6.45) is 3.34. The Kier molecular flexibility index (Phi) is 3.33. The Hall–Kier alpha value is -2.69. The van der Waals surface area contributed by atoms with Gasteiger partial charge in [-0.1, -0.05) is 0 Å². The smallest absolute Gasteiger partial charge is 0.259 e. The number of nitrogens with one attached hydrogen (secondary N) is 1. The predicted molar refractivity (Wildman–Crippen MR) is 65.7 cm³/mol. The SMILES string of the molecule is O=Cc1ccc(NC(=O)c2ccncc2O)cc1. The van der Waals surface area contributed by atoms with Crippen LogP contribution in [0.15, 0.2) is 42.7 Å². The number of nitrogens with zero attached hydrogens (tertiary/aromatic N) is 1. The molecule has 0 unspecified atom stereocenters. The van der Waals surface area contributed by atoms with Crippen molar-refractivity contribution in [3.63, 3.8) is 0 Å². The standard InChI is InChI=1S/C13H10N2O3/c16-8-9-1-3-10(4-2-9)15-13(18)11-5-6-14-7-12(11)17/h1-8,17H,(H,15,18). The predicted octanol–water partition coefficient (Wildman–Crippen LogP) is 1.85. The van der Waals surface area contributed by atoms with E-state index in [9.17, 15) is 14.7 Å². The van der Waals surface area contributed by atoms with Gasteiger partial charge in [-0.2, -0.15) is 0 Å². The Morgan fingerprint density at radius 1 is 1.22 bits per heavy atom. The van der Waals surface area contributed by atoms with E-state index in [1.165, 1.54) is 18.5 Å². The van der Waals surface area contributed by atoms with E-state index in [2.05, 4.69) is 10.3 Å². The quantitative estimate of drug-likeness (QED) is 0.805. The zero-order valence-corrected chi connectivity index (χ0v) is 9.33. The molecule has 5 heteroatoms. The second kappa shape index (κ2) is 5.09. The Morgan fingerprint density at radius 3 is 2.56 bits per heavy atom. The van der Waals surface area contributed by atoms with Gasteiger partial charge >= 0.3 is 0 Å². The molecule has 1 heterocycles. The zero-order valence-electron chi connectivity index (χ0n) is 9.33. The molecule has 2 aromatic rings. The molecule has 5 nitrogen and oxygen atoms in total. The largest absolute Gasteiger partial charge is 0.505 e. The highest BCUT2D eigenvalue weighted by atomic mass is 16.3. The summed E-state index contributed by atoms with van der Waals surface area (Å²) >= 11 is 0. The first kappa shape index (κ1) is 11.8. The summed E-state index contributed by atoms with van der Waals surface area (Å²) in [5, 5.41) is 12.1. The van der Waals surface area contributed by atoms with Crippen LogP contribution < -0.4 is 5.32 Å². The molecule has 2 rings (SSSR count). The Balaban J connectivity index is 2.16. The highest BCUT2D eigenvalue weighted by molar-refractivity contribution is 6.06. The highest BCUT2D eigenvalue weighted by Crippen LogP contribution is 2.16. The minimum atomic E-state index is -0.436. The highest BCUT2D eigenvalue weighted by Gasteiger charge is 2.10. The number of benzene rings is 1. The molecule has 0 fully saturated rings. The van der Waals surface area contributed by atoms with Crippen LogP contribution in [-0.4, -0.2) is 22.3 Å². The van der Waals surface area contributed by atoms with E-state index >= 15 is 0 Å². The number of aromatic hydroxyl groups is 1. The fraction of sp³-hybridized carbons (Fsp3) is 0. The second-order valence-corrected chi connectivity index (χ2v) is 3.59. The molecule has 2 N–H and O–H groups in total. The fourth-order valence-electron chi connectivity index (χ4n) is 1.42. The number of carbonyl (C=O) groups is 2. The van der Waals surface area contributed by atoms with Gasteiger partial charge in [-0.15, -0.1) is 0 Å². The average Bonchev–Trinajstić information content (AvgIpc) is 2.40. The fourth-order valence-corrected chi connectivity index (χ4v) is 1.42. The molecule has 0 saturated heterocycles. The number of hydrogen-bond acceptors (Lipinski definition) is 4. The van der Waals surface area contributed by atoms with E-state index in [1.807, 2.05) is 0 Å². The van der Waals surface area contributed by atoms with Crippen LogP contribution in [0.2, 0.25) is 0 Å². The molecular weight excluding hydrogens is 232 g/mol. The van der Waals surface area contributed by atoms with Gasteiger partial charge in [0.15, 0.2) is 0 Å². The van der Waals surface area contributed by atoms with Crippen molar-refractivity contribution in [1.82, 2.24) is 4.98 Å². The number of carbonyl (C=O) groups excluding carboxylic acids is 2. The first-order valence-electron chi connectivity index (χ1n) is 5.20. The summed E-state index contributed by atoms with van der Waals surface area (Å²) in [6, 6.07) is 7.83. The minimum absolute atomic E-state index is 0.143. The summed E-state index contributed by atoms with van der Waals surface area (Å²) in [7, 11) is 0. The number of hydrogen-bond donors (Lipinski definition) is 2. The first-order chi connectivity index (χ1) is 8.70. The van der Waals surface area contributed by atoms with Gasteiger partial charge in [-0.05, 0) is 30.3 Å². The number of amides is 1. The van der Waals surface area contributed by atoms with Gasteiger partial charge in [0.25, 0.3) is 5.91 Å². The first-order valence-corrected chi connectivity index (χ1v) is 5.20. The number of anilines is 1. The van der Waals surface area contributed by atoms with Crippen molar-refractivity contribution in [2.75, 3.05) is 5.32 Å². The van der Waals surface area contributed by atoms with Crippen LogP contribution in [0.1, 0.15) is 20.7 Å². The minimum Gasteiger partial charge on any atom is -0.505 e. The Bertz CT molecular complexity index is 579. The van der Waals surface area contributed by atoms with E-state index in [0.717, 1.165) is 6.29 Å². The lowest BCUT2D eigenvalue weighted by atomic mass is 10.2. The summed E-state index contributed by atoms with van der Waals surface area (Å²) in [4.78, 5) is 26.0. The van der Waals surface area contributed by atoms with Gasteiger partial charge in [-0.3, -0.25) is 14.6 Å². The third kappa shape index (κ3) is 2.52. The molecule has 0 atom stereocenters. The van der Waals surface area contributed by atoms with Gasteiger partial charge in [0, 0.05) is 17.4 Å². The summed E-state index contributed by atoms with van der Waals surface area (Å²) in [5.41, 5.74) is 1.21.